The van der Waals surface area contributed by atoms with Crippen LogP contribution < -0.4 is 52.4 Å². The highest BCUT2D eigenvalue weighted by Gasteiger charge is 2.24. The van der Waals surface area contributed by atoms with Gasteiger partial charge >= 0.3 is 0 Å². The Hall–Kier alpha value is -0.650. The second kappa shape index (κ2) is 14.4. The number of quaternary nitrogens is 2. The molecule has 0 aromatic heterocycles. The number of anilines is 1. The third kappa shape index (κ3) is 27.4. The van der Waals surface area contributed by atoms with Gasteiger partial charge in [0.25, 0.3) is 0 Å². The lowest BCUT2D eigenvalue weighted by Gasteiger charge is -2.20. The lowest BCUT2D eigenvalue weighted by Crippen LogP contribution is -3.10. The molecule has 0 atom stereocenters. The number of hydrogen-bond acceptors (Lipinski definition) is 9. The van der Waals surface area contributed by atoms with Crippen LogP contribution in [0.5, 0.6) is 0 Å². The number of carbonyl (C=O) groups is 1. The third-order valence-electron chi connectivity index (χ3n) is 2.79. The lowest BCUT2D eigenvalue weighted by molar-refractivity contribution is -2.00. The summed E-state index contributed by atoms with van der Waals surface area (Å²) in [5.41, 5.74) is 0.848. The molecule has 0 aliphatic carbocycles. The van der Waals surface area contributed by atoms with Crippen molar-refractivity contribution >= 4 is 27.5 Å². The minimum absolute atomic E-state index is 0.0265. The standard InChI is InChI=1S/C14H22BrN3O.2ClHO4/c1-17(2)9-11(10-18(3)4)14(19)16-13-7-5-12(15)6-8-13;2*2-1(3,4)5/h5-8,11H,9-10H2,1-4H3,(H,16,19);2*(H,2,3,4,5). The van der Waals surface area contributed by atoms with Gasteiger partial charge in [0.1, 0.15) is 5.92 Å². The SMILES string of the molecule is C[NH+](C)CC(C[NH+](C)C)C(=O)Nc1ccc(Br)cc1.[O-][Cl+3]([O-])([O-])[O-].[O-][Cl+3]([O-])([O-])[O-]. The second-order valence-electron chi connectivity index (χ2n) is 6.27. The van der Waals surface area contributed by atoms with Crippen molar-refractivity contribution in [3.05, 3.63) is 28.7 Å². The van der Waals surface area contributed by atoms with Crippen LogP contribution in [-0.2, 0) is 4.79 Å². The Morgan fingerprint density at radius 3 is 1.45 bits per heavy atom. The molecule has 0 unspecified atom stereocenters. The molecular weight excluding hydrogens is 505 g/mol. The summed E-state index contributed by atoms with van der Waals surface area (Å²) in [6.45, 7) is 1.68. The zero-order valence-electron chi connectivity index (χ0n) is 16.1. The van der Waals surface area contributed by atoms with Crippen molar-refractivity contribution in [1.82, 2.24) is 0 Å². The topological polar surface area (TPSA) is 222 Å². The molecule has 1 aromatic rings. The Labute approximate surface area is 181 Å². The first-order valence-electron chi connectivity index (χ1n) is 7.76. The van der Waals surface area contributed by atoms with Crippen LogP contribution in [0.2, 0.25) is 0 Å². The van der Waals surface area contributed by atoms with Gasteiger partial charge in [-0.2, -0.15) is 0 Å². The molecule has 1 amide bonds. The van der Waals surface area contributed by atoms with Gasteiger partial charge in [0.2, 0.25) is 5.91 Å². The summed E-state index contributed by atoms with van der Waals surface area (Å²) in [5, 5.41) is 2.99. The number of rotatable bonds is 6. The molecule has 1 aromatic carbocycles. The van der Waals surface area contributed by atoms with Crippen molar-refractivity contribution < 1.29 is 72.4 Å². The van der Waals surface area contributed by atoms with Gasteiger partial charge in [-0.05, 0) is 24.3 Å². The highest BCUT2D eigenvalue weighted by molar-refractivity contribution is 9.10. The predicted molar refractivity (Wildman–Crippen MR) is 81.6 cm³/mol. The van der Waals surface area contributed by atoms with E-state index in [-0.39, 0.29) is 11.8 Å². The molecular formula is C14H24BrCl2N3O9. The highest BCUT2D eigenvalue weighted by Crippen LogP contribution is 2.14. The van der Waals surface area contributed by atoms with Crippen molar-refractivity contribution in [3.63, 3.8) is 0 Å². The maximum absolute atomic E-state index is 12.3. The number of carbonyl (C=O) groups excluding carboxylic acids is 1. The van der Waals surface area contributed by atoms with Gasteiger partial charge in [0.05, 0.1) is 41.3 Å². The average molecular weight is 529 g/mol. The molecule has 0 radical (unpaired) electrons. The van der Waals surface area contributed by atoms with E-state index >= 15 is 0 Å². The molecule has 0 spiro atoms. The number of amides is 1. The van der Waals surface area contributed by atoms with Crippen molar-refractivity contribution in [2.45, 2.75) is 0 Å². The fourth-order valence-corrected chi connectivity index (χ4v) is 2.29. The van der Waals surface area contributed by atoms with Crippen molar-refractivity contribution in [3.8, 4) is 0 Å². The summed E-state index contributed by atoms with van der Waals surface area (Å²) in [5.74, 6) is 0.128. The third-order valence-corrected chi connectivity index (χ3v) is 3.32. The summed E-state index contributed by atoms with van der Waals surface area (Å²) in [6.07, 6.45) is 0. The van der Waals surface area contributed by atoms with Gasteiger partial charge in [0.15, 0.2) is 0 Å². The number of halogens is 3. The van der Waals surface area contributed by atoms with E-state index in [4.69, 9.17) is 37.3 Å². The zero-order chi connectivity index (χ0) is 23.4. The van der Waals surface area contributed by atoms with E-state index in [9.17, 15) is 4.79 Å². The molecule has 0 aliphatic rings. The van der Waals surface area contributed by atoms with E-state index in [1.165, 1.54) is 9.80 Å². The Bertz CT molecular complexity index is 547. The van der Waals surface area contributed by atoms with Gasteiger partial charge in [0, 0.05) is 10.2 Å². The van der Waals surface area contributed by atoms with E-state index in [1.54, 1.807) is 0 Å². The highest BCUT2D eigenvalue weighted by atomic mass is 79.9. The maximum atomic E-state index is 12.3. The molecule has 170 valence electrons. The number of benzene rings is 1. The molecule has 15 heteroatoms. The fraction of sp³-hybridized carbons (Fsp3) is 0.500. The maximum Gasteiger partial charge on any atom is 0.238 e. The molecule has 12 nitrogen and oxygen atoms in total. The molecule has 29 heavy (non-hydrogen) atoms. The van der Waals surface area contributed by atoms with E-state index in [2.05, 4.69) is 49.4 Å². The van der Waals surface area contributed by atoms with Gasteiger partial charge < -0.3 is 15.1 Å². The first-order valence-corrected chi connectivity index (χ1v) is 11.0. The van der Waals surface area contributed by atoms with Crippen LogP contribution in [0.3, 0.4) is 0 Å². The van der Waals surface area contributed by atoms with Crippen LogP contribution in [0.1, 0.15) is 0 Å². The van der Waals surface area contributed by atoms with E-state index in [0.29, 0.717) is 0 Å². The normalized spacial score (nSPS) is 11.6. The largest absolute Gasteiger partial charge is 0.339 e. The average Bonchev–Trinajstić information content (AvgIpc) is 2.44. The Kier molecular flexibility index (Phi) is 15.1. The zero-order valence-corrected chi connectivity index (χ0v) is 19.2. The smallest absolute Gasteiger partial charge is 0.238 e. The van der Waals surface area contributed by atoms with Crippen LogP contribution in [0.25, 0.3) is 0 Å². The second-order valence-corrected chi connectivity index (χ2v) is 8.70. The van der Waals surface area contributed by atoms with Crippen LogP contribution in [0, 0.1) is 26.4 Å². The number of nitrogens with one attached hydrogen (secondary N) is 3. The van der Waals surface area contributed by atoms with E-state index < -0.39 is 20.5 Å². The minimum atomic E-state index is -4.94. The summed E-state index contributed by atoms with van der Waals surface area (Å²) in [6, 6.07) is 7.67. The lowest BCUT2D eigenvalue weighted by atomic mass is 10.1. The first-order chi connectivity index (χ1) is 12.9. The Balaban J connectivity index is 0. The van der Waals surface area contributed by atoms with Gasteiger partial charge in [-0.1, -0.05) is 15.9 Å². The monoisotopic (exact) mass is 527 g/mol. The number of hydrogen-bond donors (Lipinski definition) is 3. The first kappa shape index (κ1) is 30.5. The molecule has 0 saturated carbocycles. The summed E-state index contributed by atoms with van der Waals surface area (Å²) >= 11 is 3.39. The molecule has 1 rings (SSSR count). The van der Waals surface area contributed by atoms with Gasteiger partial charge in [-0.15, -0.1) is 20.5 Å². The van der Waals surface area contributed by atoms with Crippen LogP contribution in [-0.4, -0.2) is 47.2 Å². The molecule has 0 aliphatic heterocycles. The molecule has 3 N–H and O–H groups in total. The minimum Gasteiger partial charge on any atom is -0.339 e. The van der Waals surface area contributed by atoms with Crippen LogP contribution in [0.4, 0.5) is 5.69 Å². The molecule has 0 saturated heterocycles. The van der Waals surface area contributed by atoms with Gasteiger partial charge in [-0.3, -0.25) is 4.79 Å². The summed E-state index contributed by atoms with van der Waals surface area (Å²) < 4.78 is 69.0. The van der Waals surface area contributed by atoms with Crippen molar-refractivity contribution in [2.75, 3.05) is 46.6 Å². The van der Waals surface area contributed by atoms with Crippen LogP contribution >= 0.6 is 15.9 Å². The van der Waals surface area contributed by atoms with Crippen molar-refractivity contribution in [2.24, 2.45) is 5.92 Å². The molecule has 0 heterocycles. The predicted octanol–water partition coefficient (Wildman–Crippen LogP) is -10.2. The summed E-state index contributed by atoms with van der Waals surface area (Å²) in [4.78, 5) is 14.9. The van der Waals surface area contributed by atoms with Gasteiger partial charge in [-0.25, -0.2) is 37.3 Å². The summed E-state index contributed by atoms with van der Waals surface area (Å²) in [7, 11) is -1.59. The quantitative estimate of drug-likeness (QED) is 0.318. The Morgan fingerprint density at radius 2 is 1.17 bits per heavy atom. The molecule has 0 bridgehead atoms. The van der Waals surface area contributed by atoms with E-state index in [1.807, 2.05) is 24.3 Å². The van der Waals surface area contributed by atoms with Crippen molar-refractivity contribution in [1.29, 1.82) is 0 Å². The molecule has 0 fully saturated rings. The fourth-order valence-electron chi connectivity index (χ4n) is 2.02. The van der Waals surface area contributed by atoms with E-state index in [0.717, 1.165) is 23.2 Å². The Morgan fingerprint density at radius 1 is 0.862 bits per heavy atom. The van der Waals surface area contributed by atoms with Crippen LogP contribution in [0.15, 0.2) is 28.7 Å².